The first-order chi connectivity index (χ1) is 7.31. The normalized spacial score (nSPS) is 22.6. The van der Waals surface area contributed by atoms with Gasteiger partial charge in [-0.1, -0.05) is 24.3 Å². The highest BCUT2D eigenvalue weighted by Crippen LogP contribution is 2.30. The fourth-order valence-electron chi connectivity index (χ4n) is 1.96. The summed E-state index contributed by atoms with van der Waals surface area (Å²) in [5.41, 5.74) is 1.27. The highest BCUT2D eigenvalue weighted by Gasteiger charge is 2.25. The molecule has 0 aliphatic carbocycles. The summed E-state index contributed by atoms with van der Waals surface area (Å²) in [6.45, 7) is 1.65. The quantitative estimate of drug-likeness (QED) is 0.769. The van der Waals surface area contributed by atoms with Crippen molar-refractivity contribution in [3.63, 3.8) is 0 Å². The van der Waals surface area contributed by atoms with E-state index in [-0.39, 0.29) is 5.92 Å². The Labute approximate surface area is 88.5 Å². The maximum Gasteiger partial charge on any atom is 0.150 e. The molecule has 0 aromatic heterocycles. The Bertz CT molecular complexity index is 330. The SMILES string of the molecule is O=Cc1ccc(C(F)C2CCNC2)cc1. The summed E-state index contributed by atoms with van der Waals surface area (Å²) in [5, 5.41) is 3.15. The van der Waals surface area contributed by atoms with E-state index in [0.717, 1.165) is 25.8 Å². The summed E-state index contributed by atoms with van der Waals surface area (Å²) in [6.07, 6.45) is 0.741. The van der Waals surface area contributed by atoms with E-state index in [2.05, 4.69) is 5.32 Å². The molecule has 1 aromatic rings. The summed E-state index contributed by atoms with van der Waals surface area (Å²) in [7, 11) is 0. The van der Waals surface area contributed by atoms with Crippen molar-refractivity contribution in [3.05, 3.63) is 35.4 Å². The Morgan fingerprint density at radius 2 is 2.13 bits per heavy atom. The monoisotopic (exact) mass is 207 g/mol. The van der Waals surface area contributed by atoms with Crippen LogP contribution >= 0.6 is 0 Å². The van der Waals surface area contributed by atoms with E-state index in [4.69, 9.17) is 0 Å². The van der Waals surface area contributed by atoms with Crippen molar-refractivity contribution in [3.8, 4) is 0 Å². The van der Waals surface area contributed by atoms with Crippen LogP contribution in [0.3, 0.4) is 0 Å². The first kappa shape index (κ1) is 10.3. The molecule has 1 aromatic carbocycles. The molecule has 2 unspecified atom stereocenters. The fraction of sp³-hybridized carbons (Fsp3) is 0.417. The van der Waals surface area contributed by atoms with Crippen molar-refractivity contribution in [2.45, 2.75) is 12.6 Å². The lowest BCUT2D eigenvalue weighted by Gasteiger charge is -2.14. The van der Waals surface area contributed by atoms with Gasteiger partial charge >= 0.3 is 0 Å². The van der Waals surface area contributed by atoms with E-state index in [0.29, 0.717) is 11.1 Å². The maximum absolute atomic E-state index is 13.9. The van der Waals surface area contributed by atoms with Crippen LogP contribution < -0.4 is 5.32 Å². The molecule has 1 fully saturated rings. The van der Waals surface area contributed by atoms with Gasteiger partial charge in [0.25, 0.3) is 0 Å². The van der Waals surface area contributed by atoms with Crippen molar-refractivity contribution in [2.24, 2.45) is 5.92 Å². The predicted octanol–water partition coefficient (Wildman–Crippen LogP) is 2.12. The van der Waals surface area contributed by atoms with Crippen molar-refractivity contribution < 1.29 is 9.18 Å². The Morgan fingerprint density at radius 1 is 1.40 bits per heavy atom. The molecule has 1 aliphatic heterocycles. The van der Waals surface area contributed by atoms with E-state index in [1.807, 2.05) is 0 Å². The van der Waals surface area contributed by atoms with Gasteiger partial charge in [-0.25, -0.2) is 4.39 Å². The van der Waals surface area contributed by atoms with Gasteiger partial charge in [-0.15, -0.1) is 0 Å². The van der Waals surface area contributed by atoms with Crippen LogP contribution in [0.2, 0.25) is 0 Å². The average Bonchev–Trinajstić information content (AvgIpc) is 2.82. The molecular weight excluding hydrogens is 193 g/mol. The topological polar surface area (TPSA) is 29.1 Å². The minimum Gasteiger partial charge on any atom is -0.316 e. The number of carbonyl (C=O) groups is 1. The molecular formula is C12H14FNO. The summed E-state index contributed by atoms with van der Waals surface area (Å²) in [5.74, 6) is 0.0760. The number of hydrogen-bond donors (Lipinski definition) is 1. The third-order valence-corrected chi connectivity index (χ3v) is 2.90. The number of nitrogens with one attached hydrogen (secondary N) is 1. The molecule has 15 heavy (non-hydrogen) atoms. The van der Waals surface area contributed by atoms with Gasteiger partial charge in [0.15, 0.2) is 0 Å². The molecule has 0 amide bonds. The molecule has 0 bridgehead atoms. The number of rotatable bonds is 3. The lowest BCUT2D eigenvalue weighted by atomic mass is 9.96. The molecule has 1 saturated heterocycles. The number of hydrogen-bond acceptors (Lipinski definition) is 2. The first-order valence-corrected chi connectivity index (χ1v) is 5.21. The molecule has 2 atom stereocenters. The molecule has 2 rings (SSSR count). The summed E-state index contributed by atoms with van der Waals surface area (Å²) < 4.78 is 13.9. The molecule has 1 aliphatic rings. The lowest BCUT2D eigenvalue weighted by molar-refractivity contribution is 0.112. The Morgan fingerprint density at radius 3 is 2.67 bits per heavy atom. The molecule has 0 spiro atoms. The van der Waals surface area contributed by atoms with Crippen LogP contribution in [0.4, 0.5) is 4.39 Å². The van der Waals surface area contributed by atoms with E-state index < -0.39 is 6.17 Å². The van der Waals surface area contributed by atoms with Crippen LogP contribution in [-0.4, -0.2) is 19.4 Å². The van der Waals surface area contributed by atoms with Gasteiger partial charge in [0.1, 0.15) is 12.5 Å². The molecule has 1 N–H and O–H groups in total. The van der Waals surface area contributed by atoms with Crippen molar-refractivity contribution in [1.29, 1.82) is 0 Å². The second-order valence-corrected chi connectivity index (χ2v) is 3.94. The van der Waals surface area contributed by atoms with Crippen LogP contribution in [0.1, 0.15) is 28.5 Å². The third kappa shape index (κ3) is 2.23. The van der Waals surface area contributed by atoms with Gasteiger partial charge in [0, 0.05) is 18.0 Å². The zero-order chi connectivity index (χ0) is 10.7. The Balaban J connectivity index is 2.10. The minimum absolute atomic E-state index is 0.0760. The summed E-state index contributed by atoms with van der Waals surface area (Å²) >= 11 is 0. The van der Waals surface area contributed by atoms with E-state index in [1.165, 1.54) is 0 Å². The van der Waals surface area contributed by atoms with Crippen LogP contribution in [0.15, 0.2) is 24.3 Å². The van der Waals surface area contributed by atoms with Crippen LogP contribution in [0.25, 0.3) is 0 Å². The first-order valence-electron chi connectivity index (χ1n) is 5.21. The predicted molar refractivity (Wildman–Crippen MR) is 56.7 cm³/mol. The number of halogens is 1. The van der Waals surface area contributed by atoms with Crippen molar-refractivity contribution in [1.82, 2.24) is 5.32 Å². The second kappa shape index (κ2) is 4.53. The number of carbonyl (C=O) groups excluding carboxylic acids is 1. The largest absolute Gasteiger partial charge is 0.316 e. The van der Waals surface area contributed by atoms with Crippen LogP contribution in [-0.2, 0) is 0 Å². The van der Waals surface area contributed by atoms with E-state index >= 15 is 0 Å². The number of aldehydes is 1. The fourth-order valence-corrected chi connectivity index (χ4v) is 1.96. The highest BCUT2D eigenvalue weighted by atomic mass is 19.1. The van der Waals surface area contributed by atoms with Gasteiger partial charge in [-0.3, -0.25) is 4.79 Å². The van der Waals surface area contributed by atoms with Gasteiger partial charge in [-0.05, 0) is 18.5 Å². The molecule has 2 nitrogen and oxygen atoms in total. The van der Waals surface area contributed by atoms with E-state index in [9.17, 15) is 9.18 Å². The molecule has 0 saturated carbocycles. The van der Waals surface area contributed by atoms with E-state index in [1.54, 1.807) is 24.3 Å². The number of benzene rings is 1. The standard InChI is InChI=1S/C12H14FNO/c13-12(11-5-6-14-7-11)10-3-1-9(8-15)2-4-10/h1-4,8,11-12,14H,5-7H2. The summed E-state index contributed by atoms with van der Waals surface area (Å²) in [6, 6.07) is 6.73. The molecule has 80 valence electrons. The maximum atomic E-state index is 13.9. The van der Waals surface area contributed by atoms with Gasteiger partial charge in [0.05, 0.1) is 0 Å². The molecule has 3 heteroatoms. The molecule has 0 radical (unpaired) electrons. The minimum atomic E-state index is -0.916. The second-order valence-electron chi connectivity index (χ2n) is 3.94. The average molecular weight is 207 g/mol. The van der Waals surface area contributed by atoms with Gasteiger partial charge < -0.3 is 5.32 Å². The summed E-state index contributed by atoms with van der Waals surface area (Å²) in [4.78, 5) is 10.4. The molecule has 1 heterocycles. The lowest BCUT2D eigenvalue weighted by Crippen LogP contribution is -2.13. The third-order valence-electron chi connectivity index (χ3n) is 2.90. The van der Waals surface area contributed by atoms with Crippen molar-refractivity contribution in [2.75, 3.05) is 13.1 Å². The Kier molecular flexibility index (Phi) is 3.11. The Hall–Kier alpha value is -1.22. The smallest absolute Gasteiger partial charge is 0.150 e. The zero-order valence-corrected chi connectivity index (χ0v) is 8.45. The highest BCUT2D eigenvalue weighted by molar-refractivity contribution is 5.74. The van der Waals surface area contributed by atoms with Gasteiger partial charge in [0.2, 0.25) is 0 Å². The van der Waals surface area contributed by atoms with Gasteiger partial charge in [-0.2, -0.15) is 0 Å². The van der Waals surface area contributed by atoms with Crippen LogP contribution in [0.5, 0.6) is 0 Å². The van der Waals surface area contributed by atoms with Crippen LogP contribution in [0, 0.1) is 5.92 Å². The number of alkyl halides is 1. The zero-order valence-electron chi connectivity index (χ0n) is 8.45. The van der Waals surface area contributed by atoms with Crippen molar-refractivity contribution >= 4 is 6.29 Å².